The zero-order chi connectivity index (χ0) is 18.2. The van der Waals surface area contributed by atoms with Crippen molar-refractivity contribution >= 4 is 47.4 Å². The molecule has 2 fully saturated rings. The maximum Gasteiger partial charge on any atom is 0.254 e. The molecular weight excluding hydrogens is 397 g/mol. The van der Waals surface area contributed by atoms with E-state index in [1.807, 2.05) is 4.90 Å². The summed E-state index contributed by atoms with van der Waals surface area (Å²) in [6.07, 6.45) is 2.41. The van der Waals surface area contributed by atoms with Crippen LogP contribution >= 0.6 is 35.6 Å². The molecule has 0 saturated carbocycles. The average molecular weight is 421 g/mol. The van der Waals surface area contributed by atoms with Gasteiger partial charge in [0.15, 0.2) is 0 Å². The Bertz CT molecular complexity index is 680. The molecule has 144 valence electrons. The Morgan fingerprint density at radius 1 is 1.23 bits per heavy atom. The summed E-state index contributed by atoms with van der Waals surface area (Å²) in [6.45, 7) is 4.59. The number of carbonyl (C=O) groups excluding carboxylic acids is 2. The first-order valence-electron chi connectivity index (χ1n) is 8.59. The maximum absolute atomic E-state index is 13.0. The van der Waals surface area contributed by atoms with E-state index < -0.39 is 6.04 Å². The van der Waals surface area contributed by atoms with Crippen molar-refractivity contribution in [1.29, 1.82) is 0 Å². The van der Waals surface area contributed by atoms with E-state index in [9.17, 15) is 9.59 Å². The van der Waals surface area contributed by atoms with Crippen molar-refractivity contribution in [2.45, 2.75) is 32.2 Å². The van der Waals surface area contributed by atoms with E-state index in [0.29, 0.717) is 48.2 Å². The number of benzene rings is 1. The van der Waals surface area contributed by atoms with Gasteiger partial charge in [0.1, 0.15) is 6.04 Å². The summed E-state index contributed by atoms with van der Waals surface area (Å²) >= 11 is 12.0. The van der Waals surface area contributed by atoms with Gasteiger partial charge in [-0.3, -0.25) is 9.59 Å². The van der Waals surface area contributed by atoms with Crippen LogP contribution in [0.3, 0.4) is 0 Å². The van der Waals surface area contributed by atoms with Crippen molar-refractivity contribution in [3.8, 4) is 0 Å². The SMILES string of the molecule is CC1(CN)CCN(C(=O)C2CCCN2C(=O)c2cc(Cl)cc(Cl)c2)C1.Cl. The molecule has 2 saturated heterocycles. The molecule has 3 rings (SSSR count). The molecule has 2 N–H and O–H groups in total. The Kier molecular flexibility index (Phi) is 6.83. The lowest BCUT2D eigenvalue weighted by molar-refractivity contribution is -0.134. The number of rotatable bonds is 3. The highest BCUT2D eigenvalue weighted by Gasteiger charge is 2.41. The second-order valence-electron chi connectivity index (χ2n) is 7.34. The minimum Gasteiger partial charge on any atom is -0.340 e. The highest BCUT2D eigenvalue weighted by molar-refractivity contribution is 6.35. The van der Waals surface area contributed by atoms with Crippen molar-refractivity contribution in [1.82, 2.24) is 9.80 Å². The van der Waals surface area contributed by atoms with E-state index in [4.69, 9.17) is 28.9 Å². The molecule has 2 unspecified atom stereocenters. The van der Waals surface area contributed by atoms with Crippen molar-refractivity contribution in [3.05, 3.63) is 33.8 Å². The molecule has 2 aliphatic rings. The zero-order valence-corrected chi connectivity index (χ0v) is 17.0. The second kappa shape index (κ2) is 8.34. The summed E-state index contributed by atoms with van der Waals surface area (Å²) in [5.74, 6) is -0.169. The Morgan fingerprint density at radius 3 is 2.46 bits per heavy atom. The van der Waals surface area contributed by atoms with Gasteiger partial charge in [0.05, 0.1) is 0 Å². The summed E-state index contributed by atoms with van der Waals surface area (Å²) in [5, 5.41) is 0.826. The Hall–Kier alpha value is -1.01. The lowest BCUT2D eigenvalue weighted by Crippen LogP contribution is -2.47. The van der Waals surface area contributed by atoms with Gasteiger partial charge >= 0.3 is 0 Å². The van der Waals surface area contributed by atoms with E-state index in [1.165, 1.54) is 0 Å². The fourth-order valence-corrected chi connectivity index (χ4v) is 4.22. The van der Waals surface area contributed by atoms with Crippen molar-refractivity contribution < 1.29 is 9.59 Å². The summed E-state index contributed by atoms with van der Waals surface area (Å²) in [4.78, 5) is 29.4. The Morgan fingerprint density at radius 2 is 1.88 bits per heavy atom. The summed E-state index contributed by atoms with van der Waals surface area (Å²) < 4.78 is 0. The molecule has 0 bridgehead atoms. The predicted molar refractivity (Wildman–Crippen MR) is 106 cm³/mol. The third-order valence-electron chi connectivity index (χ3n) is 5.27. The second-order valence-corrected chi connectivity index (χ2v) is 8.21. The topological polar surface area (TPSA) is 66.6 Å². The van der Waals surface area contributed by atoms with Gasteiger partial charge < -0.3 is 15.5 Å². The first-order valence-corrected chi connectivity index (χ1v) is 9.34. The van der Waals surface area contributed by atoms with E-state index >= 15 is 0 Å². The van der Waals surface area contributed by atoms with E-state index in [2.05, 4.69) is 6.92 Å². The third-order valence-corrected chi connectivity index (χ3v) is 5.71. The monoisotopic (exact) mass is 419 g/mol. The summed E-state index contributed by atoms with van der Waals surface area (Å²) in [6, 6.07) is 4.36. The van der Waals surface area contributed by atoms with Crippen LogP contribution < -0.4 is 5.73 Å². The number of hydrogen-bond donors (Lipinski definition) is 1. The first-order chi connectivity index (χ1) is 11.8. The average Bonchev–Trinajstić information content (AvgIpc) is 3.20. The minimum atomic E-state index is -0.412. The van der Waals surface area contributed by atoms with E-state index in [1.54, 1.807) is 23.1 Å². The van der Waals surface area contributed by atoms with Gasteiger partial charge in [-0.05, 0) is 49.4 Å². The van der Waals surface area contributed by atoms with Crippen molar-refractivity contribution in [3.63, 3.8) is 0 Å². The molecule has 8 heteroatoms. The molecule has 0 radical (unpaired) electrons. The largest absolute Gasteiger partial charge is 0.340 e. The standard InChI is InChI=1S/C18H23Cl2N3O2.ClH/c1-18(10-21)4-6-22(11-18)17(25)15-3-2-5-23(15)16(24)12-7-13(19)9-14(20)8-12;/h7-9,15H,2-6,10-11,21H2,1H3;1H. The molecule has 0 spiro atoms. The fraction of sp³-hybridized carbons (Fsp3) is 0.556. The third kappa shape index (κ3) is 4.28. The highest BCUT2D eigenvalue weighted by atomic mass is 35.5. The quantitative estimate of drug-likeness (QED) is 0.816. The number of halogens is 3. The summed E-state index contributed by atoms with van der Waals surface area (Å²) in [5.41, 5.74) is 6.23. The van der Waals surface area contributed by atoms with Gasteiger partial charge in [0, 0.05) is 35.2 Å². The number of nitrogens with two attached hydrogens (primary N) is 1. The Balaban J connectivity index is 0.00000243. The van der Waals surface area contributed by atoms with Crippen LogP contribution in [-0.4, -0.2) is 53.8 Å². The van der Waals surface area contributed by atoms with Gasteiger partial charge in [-0.2, -0.15) is 0 Å². The fourth-order valence-electron chi connectivity index (χ4n) is 3.70. The molecule has 1 aromatic rings. The predicted octanol–water partition coefficient (Wildman–Crippen LogP) is 3.22. The summed E-state index contributed by atoms with van der Waals surface area (Å²) in [7, 11) is 0. The number of carbonyl (C=O) groups is 2. The smallest absolute Gasteiger partial charge is 0.254 e. The van der Waals surface area contributed by atoms with Crippen LogP contribution in [0.4, 0.5) is 0 Å². The van der Waals surface area contributed by atoms with Gasteiger partial charge in [-0.25, -0.2) is 0 Å². The number of hydrogen-bond acceptors (Lipinski definition) is 3. The molecule has 1 aromatic carbocycles. The van der Waals surface area contributed by atoms with Gasteiger partial charge in [0.25, 0.3) is 5.91 Å². The molecular formula is C18H24Cl3N3O2. The van der Waals surface area contributed by atoms with Gasteiger partial charge in [-0.15, -0.1) is 12.4 Å². The Labute approximate surface area is 170 Å². The van der Waals surface area contributed by atoms with Crippen LogP contribution in [0.1, 0.15) is 36.5 Å². The number of likely N-dealkylation sites (tertiary alicyclic amines) is 2. The van der Waals surface area contributed by atoms with Gasteiger partial charge in [0.2, 0.25) is 5.91 Å². The number of nitrogens with zero attached hydrogens (tertiary/aromatic N) is 2. The molecule has 2 heterocycles. The van der Waals surface area contributed by atoms with E-state index in [-0.39, 0.29) is 29.6 Å². The molecule has 5 nitrogen and oxygen atoms in total. The lowest BCUT2D eigenvalue weighted by atomic mass is 9.90. The van der Waals surface area contributed by atoms with Crippen molar-refractivity contribution in [2.24, 2.45) is 11.1 Å². The lowest BCUT2D eigenvalue weighted by Gasteiger charge is -2.29. The van der Waals surface area contributed by atoms with Crippen LogP contribution in [0.25, 0.3) is 0 Å². The van der Waals surface area contributed by atoms with Gasteiger partial charge in [-0.1, -0.05) is 30.1 Å². The molecule has 26 heavy (non-hydrogen) atoms. The molecule has 0 aromatic heterocycles. The highest BCUT2D eigenvalue weighted by Crippen LogP contribution is 2.31. The minimum absolute atomic E-state index is 0. The first kappa shape index (κ1) is 21.3. The molecule has 2 amide bonds. The van der Waals surface area contributed by atoms with Crippen LogP contribution in [-0.2, 0) is 4.79 Å². The van der Waals surface area contributed by atoms with Crippen LogP contribution in [0.15, 0.2) is 18.2 Å². The van der Waals surface area contributed by atoms with Crippen LogP contribution in [0, 0.1) is 5.41 Å². The van der Waals surface area contributed by atoms with Crippen molar-refractivity contribution in [2.75, 3.05) is 26.2 Å². The zero-order valence-electron chi connectivity index (χ0n) is 14.7. The van der Waals surface area contributed by atoms with E-state index in [0.717, 1.165) is 12.8 Å². The normalized spacial score (nSPS) is 25.3. The van der Waals surface area contributed by atoms with Crippen LogP contribution in [0.2, 0.25) is 10.0 Å². The maximum atomic E-state index is 13.0. The van der Waals surface area contributed by atoms with Crippen LogP contribution in [0.5, 0.6) is 0 Å². The number of amides is 2. The molecule has 2 aliphatic heterocycles. The molecule has 0 aliphatic carbocycles. The molecule has 2 atom stereocenters.